The molecule has 0 aromatic heterocycles. The monoisotopic (exact) mass is 292 g/mol. The first kappa shape index (κ1) is 15.8. The average molecular weight is 292 g/mol. The van der Waals surface area contributed by atoms with Gasteiger partial charge < -0.3 is 15.2 Å². The van der Waals surface area contributed by atoms with Gasteiger partial charge in [-0.15, -0.1) is 0 Å². The molecule has 1 atom stereocenters. The molecule has 1 aromatic rings. The van der Waals surface area contributed by atoms with Crippen molar-refractivity contribution in [2.45, 2.75) is 45.1 Å². The van der Waals surface area contributed by atoms with E-state index >= 15 is 0 Å². The van der Waals surface area contributed by atoms with E-state index in [1.165, 1.54) is 0 Å². The van der Waals surface area contributed by atoms with Crippen molar-refractivity contribution in [3.8, 4) is 5.75 Å². The van der Waals surface area contributed by atoms with Crippen molar-refractivity contribution >= 4 is 5.97 Å². The summed E-state index contributed by atoms with van der Waals surface area (Å²) in [6.07, 6.45) is 2.18. The van der Waals surface area contributed by atoms with E-state index in [1.54, 1.807) is 24.3 Å². The number of phenols is 1. The van der Waals surface area contributed by atoms with Gasteiger partial charge in [-0.05, 0) is 38.5 Å². The molecule has 0 radical (unpaired) electrons. The molecule has 1 heterocycles. The minimum atomic E-state index is -0.420. The molecule has 1 saturated heterocycles. The highest BCUT2D eigenvalue weighted by Crippen LogP contribution is 2.30. The summed E-state index contributed by atoms with van der Waals surface area (Å²) in [5, 5.41) is 11.6. The van der Waals surface area contributed by atoms with Crippen LogP contribution in [0.4, 0.5) is 0 Å². The van der Waals surface area contributed by atoms with Gasteiger partial charge in [-0.1, -0.05) is 12.1 Å². The predicted molar refractivity (Wildman–Crippen MR) is 81.1 cm³/mol. The summed E-state index contributed by atoms with van der Waals surface area (Å²) in [4.78, 5) is 12.4. The van der Waals surface area contributed by atoms with Crippen LogP contribution in [0.3, 0.4) is 0 Å². The summed E-state index contributed by atoms with van der Waals surface area (Å²) in [5.74, 6) is 0.122. The Hall–Kier alpha value is -1.55. The molecular weight excluding hydrogens is 266 g/mol. The molecule has 1 unspecified atom stereocenters. The molecule has 21 heavy (non-hydrogen) atoms. The van der Waals surface area contributed by atoms with Gasteiger partial charge in [0.25, 0.3) is 0 Å². The number of piperidine rings is 1. The van der Waals surface area contributed by atoms with Crippen LogP contribution in [0.2, 0.25) is 0 Å². The van der Waals surface area contributed by atoms with Gasteiger partial charge in [0.05, 0.1) is 19.0 Å². The topological polar surface area (TPSA) is 63.1 Å². The van der Waals surface area contributed by atoms with Gasteiger partial charge in [0.15, 0.2) is 0 Å². The number of ether oxygens (including phenoxy) is 1. The lowest BCUT2D eigenvalue weighted by Crippen LogP contribution is -2.86. The highest BCUT2D eigenvalue weighted by Gasteiger charge is 2.36. The third-order valence-electron chi connectivity index (χ3n) is 4.53. The van der Waals surface area contributed by atoms with Crippen molar-refractivity contribution in [3.05, 3.63) is 29.8 Å². The molecule has 0 amide bonds. The molecular formula is C17H26NO3+. The molecule has 4 heteroatoms. The van der Waals surface area contributed by atoms with Crippen LogP contribution in [-0.4, -0.2) is 29.8 Å². The summed E-state index contributed by atoms with van der Waals surface area (Å²) in [5.41, 5.74) is 0.446. The Balaban J connectivity index is 2.00. The Morgan fingerprint density at radius 2 is 1.86 bits per heavy atom. The lowest BCUT2D eigenvalue weighted by Gasteiger charge is -2.36. The van der Waals surface area contributed by atoms with Gasteiger partial charge >= 0.3 is 5.97 Å². The maximum atomic E-state index is 12.4. The Morgan fingerprint density at radius 1 is 1.29 bits per heavy atom. The molecule has 3 N–H and O–H groups in total. The zero-order valence-corrected chi connectivity index (χ0v) is 13.1. The first-order valence-corrected chi connectivity index (χ1v) is 7.73. The van der Waals surface area contributed by atoms with Crippen molar-refractivity contribution in [1.82, 2.24) is 0 Å². The number of benzene rings is 1. The van der Waals surface area contributed by atoms with Crippen LogP contribution in [0.5, 0.6) is 5.75 Å². The molecule has 116 valence electrons. The summed E-state index contributed by atoms with van der Waals surface area (Å²) in [6.45, 7) is 8.10. The Kier molecular flexibility index (Phi) is 4.88. The Labute approximate surface area is 126 Å². The quantitative estimate of drug-likeness (QED) is 0.832. The smallest absolute Gasteiger partial charge is 0.313 e. The number of hydrogen-bond acceptors (Lipinski definition) is 3. The lowest BCUT2D eigenvalue weighted by atomic mass is 9.83. The van der Waals surface area contributed by atoms with E-state index in [-0.39, 0.29) is 17.6 Å². The summed E-state index contributed by atoms with van der Waals surface area (Å²) in [7, 11) is 0. The van der Waals surface area contributed by atoms with E-state index < -0.39 is 5.60 Å². The minimum Gasteiger partial charge on any atom is -0.508 e. The van der Waals surface area contributed by atoms with Gasteiger partial charge in [0, 0.05) is 18.8 Å². The fourth-order valence-corrected chi connectivity index (χ4v) is 2.95. The van der Waals surface area contributed by atoms with Crippen LogP contribution in [0, 0.1) is 5.92 Å². The number of carbonyl (C=O) groups excluding carboxylic acids is 1. The van der Waals surface area contributed by atoms with Gasteiger partial charge in [-0.3, -0.25) is 4.79 Å². The third-order valence-corrected chi connectivity index (χ3v) is 4.53. The van der Waals surface area contributed by atoms with Crippen LogP contribution >= 0.6 is 0 Å². The number of nitrogens with two attached hydrogens (primary N) is 1. The molecule has 1 aliphatic rings. The maximum Gasteiger partial charge on any atom is 0.313 e. The number of carbonyl (C=O) groups is 1. The normalized spacial score (nSPS) is 18.2. The van der Waals surface area contributed by atoms with Crippen molar-refractivity contribution in [2.24, 2.45) is 5.92 Å². The maximum absolute atomic E-state index is 12.4. The third kappa shape index (κ3) is 3.97. The molecule has 1 aliphatic heterocycles. The standard InChI is InChI=1S/C17H25NO3/c1-12(13-4-6-15(19)7-5-13)16(20)21-17(2,3)14-8-10-18-11-9-14/h4-7,12,14,18-19H,8-11H2,1-3H3/p+1. The second-order valence-corrected chi connectivity index (χ2v) is 6.48. The van der Waals surface area contributed by atoms with Gasteiger partial charge in [0.1, 0.15) is 11.4 Å². The summed E-state index contributed by atoms with van der Waals surface area (Å²) < 4.78 is 5.81. The van der Waals surface area contributed by atoms with Crippen molar-refractivity contribution in [1.29, 1.82) is 0 Å². The number of rotatable bonds is 4. The van der Waals surface area contributed by atoms with E-state index in [1.807, 2.05) is 20.8 Å². The molecule has 0 spiro atoms. The van der Waals surface area contributed by atoms with Crippen LogP contribution in [0.1, 0.15) is 45.1 Å². The number of hydrogen-bond donors (Lipinski definition) is 2. The zero-order chi connectivity index (χ0) is 15.5. The fraction of sp³-hybridized carbons (Fsp3) is 0.588. The molecule has 1 fully saturated rings. The largest absolute Gasteiger partial charge is 0.508 e. The number of esters is 1. The van der Waals surface area contributed by atoms with Crippen molar-refractivity contribution < 1.29 is 20.0 Å². The van der Waals surface area contributed by atoms with E-state index in [9.17, 15) is 9.90 Å². The van der Waals surface area contributed by atoms with Gasteiger partial charge in [-0.25, -0.2) is 0 Å². The van der Waals surface area contributed by atoms with Crippen LogP contribution in [-0.2, 0) is 9.53 Å². The van der Waals surface area contributed by atoms with E-state index in [0.717, 1.165) is 31.5 Å². The molecule has 0 aliphatic carbocycles. The molecule has 0 bridgehead atoms. The summed E-state index contributed by atoms with van der Waals surface area (Å²) >= 11 is 0. The molecule has 0 saturated carbocycles. The number of quaternary nitrogens is 1. The minimum absolute atomic E-state index is 0.194. The summed E-state index contributed by atoms with van der Waals surface area (Å²) in [6, 6.07) is 6.73. The van der Waals surface area contributed by atoms with E-state index in [4.69, 9.17) is 4.74 Å². The Morgan fingerprint density at radius 3 is 2.43 bits per heavy atom. The number of aromatic hydroxyl groups is 1. The second kappa shape index (κ2) is 6.48. The van der Waals surface area contributed by atoms with E-state index in [0.29, 0.717) is 5.92 Å². The zero-order valence-electron chi connectivity index (χ0n) is 13.1. The highest BCUT2D eigenvalue weighted by molar-refractivity contribution is 5.78. The van der Waals surface area contributed by atoms with Gasteiger partial charge in [0.2, 0.25) is 0 Å². The first-order valence-electron chi connectivity index (χ1n) is 7.73. The fourth-order valence-electron chi connectivity index (χ4n) is 2.95. The average Bonchev–Trinajstić information content (AvgIpc) is 2.48. The van der Waals surface area contributed by atoms with Crippen LogP contribution < -0.4 is 5.32 Å². The number of phenolic OH excluding ortho intramolecular Hbond substituents is 1. The van der Waals surface area contributed by atoms with Crippen LogP contribution in [0.15, 0.2) is 24.3 Å². The van der Waals surface area contributed by atoms with Crippen molar-refractivity contribution in [2.75, 3.05) is 13.1 Å². The van der Waals surface area contributed by atoms with E-state index in [2.05, 4.69) is 5.32 Å². The molecule has 1 aromatic carbocycles. The highest BCUT2D eigenvalue weighted by atomic mass is 16.6. The van der Waals surface area contributed by atoms with Gasteiger partial charge in [-0.2, -0.15) is 0 Å². The second-order valence-electron chi connectivity index (χ2n) is 6.48. The molecule has 4 nitrogen and oxygen atoms in total. The lowest BCUT2D eigenvalue weighted by molar-refractivity contribution is -0.665. The SMILES string of the molecule is CC(C(=O)OC(C)(C)C1CC[NH2+]CC1)c1ccc(O)cc1. The first-order chi connectivity index (χ1) is 9.90. The Bertz CT molecular complexity index is 475. The van der Waals surface area contributed by atoms with Crippen LogP contribution in [0.25, 0.3) is 0 Å². The van der Waals surface area contributed by atoms with Crippen molar-refractivity contribution in [3.63, 3.8) is 0 Å². The predicted octanol–water partition coefficient (Wildman–Crippen LogP) is 1.79. The molecule has 2 rings (SSSR count).